The first-order valence-electron chi connectivity index (χ1n) is 19.6. The SMILES string of the molecule is C=C(C)[C@H](NC(=O)OC)C(=O)N1CC=C[C@H]1c1ncc(-c2ccc(-c3ccc(-c4cnc([C@@H]5CN(C(=O)OC(C)C)CN5C(=O)[C@@H](NC(=O)OC)C(C)C)[nH]4)cc3)cc2)[nH]1. The largest absolute Gasteiger partial charge is 0.453 e. The van der Waals surface area contributed by atoms with Crippen LogP contribution in [0.2, 0.25) is 0 Å². The molecule has 2 aromatic heterocycles. The summed E-state index contributed by atoms with van der Waals surface area (Å²) in [5.41, 5.74) is 5.72. The van der Waals surface area contributed by atoms with Gasteiger partial charge in [-0.15, -0.1) is 0 Å². The minimum Gasteiger partial charge on any atom is -0.453 e. The first-order chi connectivity index (χ1) is 28.7. The van der Waals surface area contributed by atoms with Crippen molar-refractivity contribution in [3.63, 3.8) is 0 Å². The van der Waals surface area contributed by atoms with Gasteiger partial charge in [0.2, 0.25) is 5.91 Å². The highest BCUT2D eigenvalue weighted by Crippen LogP contribution is 2.33. The molecular formula is C43H51N9O8. The molecule has 4 aromatic rings. The lowest BCUT2D eigenvalue weighted by Crippen LogP contribution is -2.51. The maximum Gasteiger partial charge on any atom is 0.411 e. The Morgan fingerprint density at radius 1 is 0.767 bits per heavy atom. The summed E-state index contributed by atoms with van der Waals surface area (Å²) >= 11 is 0. The van der Waals surface area contributed by atoms with Crippen LogP contribution in [0.15, 0.2) is 85.2 Å². The van der Waals surface area contributed by atoms with Crippen LogP contribution >= 0.6 is 0 Å². The molecular weight excluding hydrogens is 771 g/mol. The maximum absolute atomic E-state index is 13.9. The second kappa shape index (κ2) is 18.3. The predicted octanol–water partition coefficient (Wildman–Crippen LogP) is 5.94. The minimum absolute atomic E-state index is 0.0441. The summed E-state index contributed by atoms with van der Waals surface area (Å²) in [5, 5.41) is 5.19. The van der Waals surface area contributed by atoms with Gasteiger partial charge in [-0.3, -0.25) is 14.5 Å². The molecule has 2 aromatic carbocycles. The number of rotatable bonds is 12. The molecule has 2 aliphatic heterocycles. The van der Waals surface area contributed by atoms with Crippen molar-refractivity contribution in [3.8, 4) is 33.6 Å². The molecule has 17 heteroatoms. The van der Waals surface area contributed by atoms with Crippen LogP contribution in [0.25, 0.3) is 33.6 Å². The molecule has 0 spiro atoms. The number of nitrogens with zero attached hydrogens (tertiary/aromatic N) is 5. The van der Waals surface area contributed by atoms with Crippen molar-refractivity contribution in [1.82, 2.24) is 45.3 Å². The monoisotopic (exact) mass is 821 g/mol. The van der Waals surface area contributed by atoms with E-state index in [0.717, 1.165) is 33.6 Å². The summed E-state index contributed by atoms with van der Waals surface area (Å²) in [6.45, 7) is 13.1. The molecule has 60 heavy (non-hydrogen) atoms. The summed E-state index contributed by atoms with van der Waals surface area (Å²) in [7, 11) is 2.47. The second-order valence-corrected chi connectivity index (χ2v) is 15.3. The van der Waals surface area contributed by atoms with Gasteiger partial charge in [0.05, 0.1) is 57.3 Å². The number of hydrogen-bond acceptors (Lipinski definition) is 10. The van der Waals surface area contributed by atoms with Crippen molar-refractivity contribution < 1.29 is 38.2 Å². The Labute approximate surface area is 348 Å². The molecule has 0 unspecified atom stereocenters. The van der Waals surface area contributed by atoms with Crippen LogP contribution in [0.5, 0.6) is 0 Å². The van der Waals surface area contributed by atoms with E-state index in [2.05, 4.69) is 37.1 Å². The zero-order valence-electron chi connectivity index (χ0n) is 34.7. The van der Waals surface area contributed by atoms with Crippen molar-refractivity contribution in [2.24, 2.45) is 5.92 Å². The van der Waals surface area contributed by atoms with E-state index < -0.39 is 42.4 Å². The number of imidazole rings is 2. The Balaban J connectivity index is 1.15. The van der Waals surface area contributed by atoms with E-state index in [4.69, 9.17) is 14.2 Å². The number of benzene rings is 2. The number of alkyl carbamates (subject to hydrolysis) is 2. The number of aromatic amines is 2. The molecule has 316 valence electrons. The van der Waals surface area contributed by atoms with Gasteiger partial charge < -0.3 is 44.6 Å². The van der Waals surface area contributed by atoms with Crippen LogP contribution in [0, 0.1) is 5.92 Å². The van der Waals surface area contributed by atoms with Crippen molar-refractivity contribution in [3.05, 3.63) is 96.9 Å². The lowest BCUT2D eigenvalue weighted by molar-refractivity contribution is -0.136. The highest BCUT2D eigenvalue weighted by Gasteiger charge is 2.43. The number of methoxy groups -OCH3 is 2. The Kier molecular flexibility index (Phi) is 13.1. The third-order valence-electron chi connectivity index (χ3n) is 10.3. The molecule has 5 amide bonds. The van der Waals surface area contributed by atoms with Gasteiger partial charge >= 0.3 is 18.3 Å². The maximum atomic E-state index is 13.9. The zero-order valence-corrected chi connectivity index (χ0v) is 34.7. The second-order valence-electron chi connectivity index (χ2n) is 15.3. The fourth-order valence-electron chi connectivity index (χ4n) is 7.09. The van der Waals surface area contributed by atoms with Crippen LogP contribution in [-0.4, -0.2) is 117 Å². The Morgan fingerprint density at radius 3 is 1.83 bits per heavy atom. The number of aromatic nitrogens is 4. The third kappa shape index (κ3) is 9.35. The normalized spacial score (nSPS) is 17.1. The van der Waals surface area contributed by atoms with Crippen LogP contribution in [-0.2, 0) is 23.8 Å². The lowest BCUT2D eigenvalue weighted by atomic mass is 10.0. The Hall–Kier alpha value is -6.91. The standard InChI is InChI=1S/C43H51N9O8/c1-24(2)35(48-41(55)58-7)39(53)51-19-9-10-33(51)37-44-20-31(46-37)29-15-11-27(12-16-29)28-13-17-30(18-14-28)32-21-45-38(47-32)34-22-50(43(57)60-26(5)6)23-52(34)40(54)36(25(3)4)49-42(56)59-8/h9-18,20-21,25-26,33-36H,1,19,22-23H2,2-8H3,(H,44,46)(H,45,47)(H,48,55)(H,49,56)/t33-,34-,35-,36-/m0/s1. The van der Waals surface area contributed by atoms with Gasteiger partial charge in [-0.2, -0.15) is 0 Å². The van der Waals surface area contributed by atoms with Gasteiger partial charge in [-0.05, 0) is 54.5 Å². The smallest absolute Gasteiger partial charge is 0.411 e. The van der Waals surface area contributed by atoms with Crippen molar-refractivity contribution in [1.29, 1.82) is 0 Å². The number of hydrogen-bond donors (Lipinski definition) is 4. The molecule has 0 aliphatic carbocycles. The van der Waals surface area contributed by atoms with E-state index in [9.17, 15) is 24.0 Å². The minimum atomic E-state index is -0.940. The third-order valence-corrected chi connectivity index (χ3v) is 10.3. The van der Waals surface area contributed by atoms with Crippen LogP contribution in [0.1, 0.15) is 58.4 Å². The van der Waals surface area contributed by atoms with E-state index in [1.54, 1.807) is 38.1 Å². The summed E-state index contributed by atoms with van der Waals surface area (Å²) in [6, 6.07) is 13.1. The average Bonchev–Trinajstić information content (AvgIpc) is 4.07. The van der Waals surface area contributed by atoms with Crippen molar-refractivity contribution in [2.75, 3.05) is 34.0 Å². The van der Waals surface area contributed by atoms with E-state index in [1.165, 1.54) is 24.0 Å². The van der Waals surface area contributed by atoms with Gasteiger partial charge in [0.1, 0.15) is 35.8 Å². The molecule has 0 saturated carbocycles. The Morgan fingerprint density at radius 2 is 1.30 bits per heavy atom. The Bertz CT molecular complexity index is 2250. The van der Waals surface area contributed by atoms with Gasteiger partial charge in [0, 0.05) is 6.54 Å². The molecule has 0 radical (unpaired) electrons. The number of amides is 5. The van der Waals surface area contributed by atoms with E-state index in [1.807, 2.05) is 74.5 Å². The highest BCUT2D eigenvalue weighted by molar-refractivity contribution is 5.89. The quantitative estimate of drug-likeness (QED) is 0.0978. The first kappa shape index (κ1) is 42.7. The molecule has 4 heterocycles. The van der Waals surface area contributed by atoms with E-state index in [0.29, 0.717) is 23.8 Å². The van der Waals surface area contributed by atoms with Gasteiger partial charge in [-0.25, -0.2) is 24.4 Å². The molecule has 17 nitrogen and oxygen atoms in total. The molecule has 4 atom stereocenters. The summed E-state index contributed by atoms with van der Waals surface area (Å²) in [6.07, 6.45) is 4.85. The fraction of sp³-hybridized carbons (Fsp3) is 0.372. The first-order valence-corrected chi connectivity index (χ1v) is 19.6. The van der Waals surface area contributed by atoms with Crippen molar-refractivity contribution >= 4 is 30.1 Å². The number of carbonyl (C=O) groups is 5. The van der Waals surface area contributed by atoms with Crippen LogP contribution < -0.4 is 10.6 Å². The number of nitrogens with one attached hydrogen (secondary N) is 4. The van der Waals surface area contributed by atoms with E-state index in [-0.39, 0.29) is 37.0 Å². The fourth-order valence-corrected chi connectivity index (χ4v) is 7.09. The average molecular weight is 822 g/mol. The van der Waals surface area contributed by atoms with Crippen LogP contribution in [0.4, 0.5) is 14.4 Å². The topological polar surface area (TPSA) is 204 Å². The highest BCUT2D eigenvalue weighted by atomic mass is 16.6. The van der Waals surface area contributed by atoms with Crippen molar-refractivity contribution in [2.45, 2.75) is 64.9 Å². The van der Waals surface area contributed by atoms with Gasteiger partial charge in [-0.1, -0.05) is 81.1 Å². The number of carbonyl (C=O) groups excluding carboxylic acids is 5. The predicted molar refractivity (Wildman–Crippen MR) is 222 cm³/mol. The lowest BCUT2D eigenvalue weighted by Gasteiger charge is -2.29. The summed E-state index contributed by atoms with van der Waals surface area (Å²) in [4.78, 5) is 84.9. The molecule has 1 fully saturated rings. The van der Waals surface area contributed by atoms with Gasteiger partial charge in [0.15, 0.2) is 0 Å². The molecule has 0 bridgehead atoms. The van der Waals surface area contributed by atoms with E-state index >= 15 is 0 Å². The molecule has 4 N–H and O–H groups in total. The number of H-pyrrole nitrogens is 2. The number of ether oxygens (including phenoxy) is 3. The molecule has 1 saturated heterocycles. The van der Waals surface area contributed by atoms with Gasteiger partial charge in [0.25, 0.3) is 5.91 Å². The molecule has 6 rings (SSSR count). The molecule has 2 aliphatic rings. The summed E-state index contributed by atoms with van der Waals surface area (Å²) in [5.74, 6) is 0.101. The van der Waals surface area contributed by atoms with Crippen LogP contribution in [0.3, 0.4) is 0 Å². The zero-order chi connectivity index (χ0) is 43.2. The summed E-state index contributed by atoms with van der Waals surface area (Å²) < 4.78 is 14.9.